The van der Waals surface area contributed by atoms with E-state index in [0.29, 0.717) is 6.54 Å². The molecule has 1 fully saturated rings. The van der Waals surface area contributed by atoms with E-state index < -0.39 is 36.4 Å². The Hall–Kier alpha value is -1.31. The van der Waals surface area contributed by atoms with E-state index in [1.807, 2.05) is 0 Å². The maximum Gasteiger partial charge on any atom is 0.406 e. The Labute approximate surface area is 102 Å². The van der Waals surface area contributed by atoms with E-state index in [1.54, 1.807) is 6.92 Å². The molecule has 1 rings (SSSR count). The highest BCUT2D eigenvalue weighted by atomic mass is 19.4. The van der Waals surface area contributed by atoms with Crippen LogP contribution in [-0.2, 0) is 9.59 Å². The van der Waals surface area contributed by atoms with Crippen molar-refractivity contribution in [1.82, 2.24) is 10.2 Å². The summed E-state index contributed by atoms with van der Waals surface area (Å²) in [5.41, 5.74) is -2.82. The van der Waals surface area contributed by atoms with Crippen LogP contribution in [0, 0.1) is 5.41 Å². The number of hydrogen-bond acceptors (Lipinski definition) is 3. The first-order chi connectivity index (χ1) is 8.24. The molecule has 0 saturated carbocycles. The number of carbonyl (C=O) groups excluding carboxylic acids is 1. The molecular formula is C10H15F3N2O3. The molecule has 1 aliphatic heterocycles. The van der Waals surface area contributed by atoms with Gasteiger partial charge in [0.25, 0.3) is 0 Å². The van der Waals surface area contributed by atoms with Crippen LogP contribution < -0.4 is 5.32 Å². The first kappa shape index (κ1) is 14.7. The predicted molar refractivity (Wildman–Crippen MR) is 55.9 cm³/mol. The minimum atomic E-state index is -4.86. The molecule has 0 aliphatic carbocycles. The summed E-state index contributed by atoms with van der Waals surface area (Å²) in [6, 6.07) is 0. The Morgan fingerprint density at radius 1 is 1.44 bits per heavy atom. The van der Waals surface area contributed by atoms with Crippen LogP contribution in [0.4, 0.5) is 13.2 Å². The summed E-state index contributed by atoms with van der Waals surface area (Å²) in [6.45, 7) is 1.20. The molecule has 0 radical (unpaired) electrons. The summed E-state index contributed by atoms with van der Waals surface area (Å²) in [6.07, 6.45) is -5.45. The van der Waals surface area contributed by atoms with Gasteiger partial charge in [0.1, 0.15) is 0 Å². The molecule has 1 aliphatic rings. The average Bonchev–Trinajstić information content (AvgIpc) is 2.71. The lowest BCUT2D eigenvalue weighted by Gasteiger charge is -2.27. The fourth-order valence-electron chi connectivity index (χ4n) is 1.89. The summed E-state index contributed by atoms with van der Waals surface area (Å²) in [5.74, 6) is -2.43. The minimum absolute atomic E-state index is 0.0793. The number of carboxylic acid groups (broad SMARTS) is 1. The van der Waals surface area contributed by atoms with Gasteiger partial charge in [-0.05, 0) is 13.0 Å². The molecule has 104 valence electrons. The Balaban J connectivity index is 2.79. The van der Waals surface area contributed by atoms with E-state index >= 15 is 0 Å². The molecule has 0 aromatic rings. The van der Waals surface area contributed by atoms with Crippen molar-refractivity contribution in [1.29, 1.82) is 0 Å². The smallest absolute Gasteiger partial charge is 0.406 e. The molecule has 0 bridgehead atoms. The standard InChI is InChI=1S/C10H15F3N2O3/c1-2-14-5-7(16)15-4-3-9(6-15,8(17)18)10(11,12)13/h14H,2-6H2,1H3,(H,17,18). The van der Waals surface area contributed by atoms with Crippen LogP contribution in [0.3, 0.4) is 0 Å². The molecule has 1 atom stereocenters. The number of aliphatic carboxylic acids is 1. The second kappa shape index (κ2) is 5.13. The number of carboxylic acids is 1. The van der Waals surface area contributed by atoms with Gasteiger partial charge in [-0.3, -0.25) is 9.59 Å². The largest absolute Gasteiger partial charge is 0.481 e. The van der Waals surface area contributed by atoms with Crippen LogP contribution in [0.15, 0.2) is 0 Å². The molecule has 1 heterocycles. The molecule has 5 nitrogen and oxygen atoms in total. The van der Waals surface area contributed by atoms with Crippen LogP contribution in [0.2, 0.25) is 0 Å². The number of rotatable bonds is 4. The highest BCUT2D eigenvalue weighted by molar-refractivity contribution is 5.82. The Morgan fingerprint density at radius 3 is 2.44 bits per heavy atom. The number of carbonyl (C=O) groups is 2. The predicted octanol–water partition coefficient (Wildman–Crippen LogP) is 0.461. The van der Waals surface area contributed by atoms with Crippen molar-refractivity contribution in [2.24, 2.45) is 5.41 Å². The van der Waals surface area contributed by atoms with E-state index in [9.17, 15) is 22.8 Å². The van der Waals surface area contributed by atoms with Crippen molar-refractivity contribution >= 4 is 11.9 Å². The van der Waals surface area contributed by atoms with E-state index in [4.69, 9.17) is 5.11 Å². The van der Waals surface area contributed by atoms with Crippen LogP contribution >= 0.6 is 0 Å². The number of nitrogens with zero attached hydrogens (tertiary/aromatic N) is 1. The summed E-state index contributed by atoms with van der Waals surface area (Å²) in [5, 5.41) is 11.5. The topological polar surface area (TPSA) is 69.6 Å². The van der Waals surface area contributed by atoms with E-state index in [1.165, 1.54) is 0 Å². The lowest BCUT2D eigenvalue weighted by Crippen LogP contribution is -2.48. The SMILES string of the molecule is CCNCC(=O)N1CCC(C(=O)O)(C(F)(F)F)C1. The van der Waals surface area contributed by atoms with E-state index in [2.05, 4.69) is 5.32 Å². The Bertz CT molecular complexity index is 346. The molecule has 0 spiro atoms. The van der Waals surface area contributed by atoms with Crippen molar-refractivity contribution in [3.8, 4) is 0 Å². The third-order valence-electron chi connectivity index (χ3n) is 3.10. The highest BCUT2D eigenvalue weighted by Gasteiger charge is 2.64. The average molecular weight is 268 g/mol. The van der Waals surface area contributed by atoms with Crippen molar-refractivity contribution in [3.63, 3.8) is 0 Å². The second-order valence-corrected chi connectivity index (χ2v) is 4.23. The van der Waals surface area contributed by atoms with Gasteiger partial charge in [-0.25, -0.2) is 0 Å². The first-order valence-corrected chi connectivity index (χ1v) is 5.53. The number of nitrogens with one attached hydrogen (secondary N) is 1. The van der Waals surface area contributed by atoms with Gasteiger partial charge >= 0.3 is 12.1 Å². The van der Waals surface area contributed by atoms with Gasteiger partial charge in [-0.1, -0.05) is 6.92 Å². The van der Waals surface area contributed by atoms with Crippen molar-refractivity contribution in [3.05, 3.63) is 0 Å². The number of alkyl halides is 3. The van der Waals surface area contributed by atoms with E-state index in [0.717, 1.165) is 4.90 Å². The van der Waals surface area contributed by atoms with Crippen LogP contribution in [0.1, 0.15) is 13.3 Å². The molecule has 1 unspecified atom stereocenters. The van der Waals surface area contributed by atoms with Gasteiger partial charge in [0.15, 0.2) is 5.41 Å². The van der Waals surface area contributed by atoms with Gasteiger partial charge in [0.2, 0.25) is 5.91 Å². The zero-order valence-corrected chi connectivity index (χ0v) is 9.88. The number of likely N-dealkylation sites (N-methyl/N-ethyl adjacent to an activating group) is 1. The summed E-state index contributed by atoms with van der Waals surface area (Å²) in [7, 11) is 0. The normalized spacial score (nSPS) is 24.3. The Kier molecular flexibility index (Phi) is 4.20. The van der Waals surface area contributed by atoms with Gasteiger partial charge in [0, 0.05) is 13.1 Å². The summed E-state index contributed by atoms with van der Waals surface area (Å²) >= 11 is 0. The molecule has 18 heavy (non-hydrogen) atoms. The number of hydrogen-bond donors (Lipinski definition) is 2. The number of amides is 1. The zero-order valence-electron chi connectivity index (χ0n) is 9.88. The maximum atomic E-state index is 12.8. The lowest BCUT2D eigenvalue weighted by molar-refractivity contribution is -0.227. The third-order valence-corrected chi connectivity index (χ3v) is 3.10. The number of likely N-dealkylation sites (tertiary alicyclic amines) is 1. The number of halogens is 3. The van der Waals surface area contributed by atoms with Crippen molar-refractivity contribution in [2.75, 3.05) is 26.2 Å². The fraction of sp³-hybridized carbons (Fsp3) is 0.800. The van der Waals surface area contributed by atoms with Crippen molar-refractivity contribution in [2.45, 2.75) is 19.5 Å². The van der Waals surface area contributed by atoms with Crippen LogP contribution in [0.5, 0.6) is 0 Å². The molecule has 0 aromatic carbocycles. The monoisotopic (exact) mass is 268 g/mol. The lowest BCUT2D eigenvalue weighted by atomic mass is 9.86. The van der Waals surface area contributed by atoms with Gasteiger partial charge in [-0.2, -0.15) is 13.2 Å². The molecular weight excluding hydrogens is 253 g/mol. The van der Waals surface area contributed by atoms with Crippen molar-refractivity contribution < 1.29 is 27.9 Å². The minimum Gasteiger partial charge on any atom is -0.481 e. The quantitative estimate of drug-likeness (QED) is 0.777. The van der Waals surface area contributed by atoms with Gasteiger partial charge < -0.3 is 15.3 Å². The molecule has 2 N–H and O–H groups in total. The summed E-state index contributed by atoms with van der Waals surface area (Å²) in [4.78, 5) is 23.4. The van der Waals surface area contributed by atoms with Gasteiger partial charge in [-0.15, -0.1) is 0 Å². The fourth-order valence-corrected chi connectivity index (χ4v) is 1.89. The summed E-state index contributed by atoms with van der Waals surface area (Å²) < 4.78 is 38.5. The second-order valence-electron chi connectivity index (χ2n) is 4.23. The maximum absolute atomic E-state index is 12.8. The third kappa shape index (κ3) is 2.58. The molecule has 1 saturated heterocycles. The van der Waals surface area contributed by atoms with Gasteiger partial charge in [0.05, 0.1) is 6.54 Å². The first-order valence-electron chi connectivity index (χ1n) is 5.53. The van der Waals surface area contributed by atoms with E-state index in [-0.39, 0.29) is 13.1 Å². The molecule has 1 amide bonds. The highest BCUT2D eigenvalue weighted by Crippen LogP contribution is 2.45. The Morgan fingerprint density at radius 2 is 2.06 bits per heavy atom. The zero-order chi connectivity index (χ0) is 14.0. The van der Waals surface area contributed by atoms with Crippen LogP contribution in [0.25, 0.3) is 0 Å². The molecule has 0 aromatic heterocycles. The molecule has 8 heteroatoms. The van der Waals surface area contributed by atoms with Crippen LogP contribution in [-0.4, -0.2) is 54.2 Å².